The highest BCUT2D eigenvalue weighted by molar-refractivity contribution is 7.13. The minimum atomic E-state index is -0.447. The monoisotopic (exact) mass is 463 g/mol. The third-order valence-corrected chi connectivity index (χ3v) is 6.90. The minimum absolute atomic E-state index is 0.0116. The number of amides is 1. The van der Waals surface area contributed by atoms with Crippen molar-refractivity contribution in [3.8, 4) is 5.75 Å². The first kappa shape index (κ1) is 22.6. The Labute approximate surface area is 187 Å². The molecule has 3 heterocycles. The van der Waals surface area contributed by atoms with Crippen molar-refractivity contribution in [3.63, 3.8) is 0 Å². The predicted octanol–water partition coefficient (Wildman–Crippen LogP) is 2.92. The third-order valence-electron chi connectivity index (χ3n) is 4.95. The van der Waals surface area contributed by atoms with Crippen LogP contribution < -0.4 is 21.8 Å². The third kappa shape index (κ3) is 4.23. The summed E-state index contributed by atoms with van der Waals surface area (Å²) in [5.74, 6) is -0.614. The molecule has 11 heteroatoms. The van der Waals surface area contributed by atoms with Crippen LogP contribution in [0.15, 0.2) is 32.5 Å². The zero-order valence-electron chi connectivity index (χ0n) is 17.9. The summed E-state index contributed by atoms with van der Waals surface area (Å²) in [6, 6.07) is 3.73. The quantitative estimate of drug-likeness (QED) is 0.497. The van der Waals surface area contributed by atoms with Gasteiger partial charge in [0.15, 0.2) is 5.75 Å². The molecule has 0 fully saturated rings. The summed E-state index contributed by atoms with van der Waals surface area (Å²) in [5.41, 5.74) is -0.530. The molecule has 0 aliphatic carbocycles. The fraction of sp³-hybridized carbons (Fsp3) is 0.350. The van der Waals surface area contributed by atoms with E-state index in [2.05, 4.69) is 10.6 Å². The van der Waals surface area contributed by atoms with Gasteiger partial charge in [0.2, 0.25) is 0 Å². The van der Waals surface area contributed by atoms with Crippen molar-refractivity contribution in [1.29, 1.82) is 0 Å². The first-order valence-electron chi connectivity index (χ1n) is 9.56. The average Bonchev–Trinajstić information content (AvgIpc) is 3.40. The zero-order valence-corrected chi connectivity index (χ0v) is 19.6. The molecule has 1 amide bonds. The number of hydrogen-bond acceptors (Lipinski definition) is 8. The predicted molar refractivity (Wildman–Crippen MR) is 125 cm³/mol. The Morgan fingerprint density at radius 1 is 1.16 bits per heavy atom. The van der Waals surface area contributed by atoms with Crippen LogP contribution >= 0.6 is 22.7 Å². The van der Waals surface area contributed by atoms with E-state index < -0.39 is 5.56 Å². The maximum atomic E-state index is 13.0. The normalized spacial score (nSPS) is 11.9. The molecule has 3 aromatic rings. The molecule has 166 valence electrons. The number of nitrogens with one attached hydrogen (secondary N) is 2. The number of carbonyl (C=O) groups is 1. The van der Waals surface area contributed by atoms with E-state index in [0.29, 0.717) is 6.42 Å². The van der Waals surface area contributed by atoms with E-state index in [9.17, 15) is 19.5 Å². The van der Waals surface area contributed by atoms with E-state index in [-0.39, 0.29) is 45.2 Å². The molecule has 0 radical (unpaired) electrons. The van der Waals surface area contributed by atoms with Crippen molar-refractivity contribution in [2.75, 3.05) is 24.7 Å². The minimum Gasteiger partial charge on any atom is -0.504 e. The maximum absolute atomic E-state index is 13.0. The van der Waals surface area contributed by atoms with Gasteiger partial charge in [-0.05, 0) is 17.9 Å². The summed E-state index contributed by atoms with van der Waals surface area (Å²) in [6.45, 7) is 1.99. The summed E-state index contributed by atoms with van der Waals surface area (Å²) in [5, 5.41) is 20.2. The van der Waals surface area contributed by atoms with Crippen LogP contribution in [0.4, 0.5) is 17.1 Å². The Morgan fingerprint density at radius 2 is 1.81 bits per heavy atom. The van der Waals surface area contributed by atoms with Gasteiger partial charge in [0.05, 0.1) is 11.7 Å². The summed E-state index contributed by atoms with van der Waals surface area (Å²) < 4.78 is 2.42. The molecule has 1 atom stereocenters. The van der Waals surface area contributed by atoms with Crippen LogP contribution in [0.5, 0.6) is 5.75 Å². The molecular weight excluding hydrogens is 438 g/mol. The van der Waals surface area contributed by atoms with Gasteiger partial charge in [0, 0.05) is 38.4 Å². The van der Waals surface area contributed by atoms with E-state index in [1.165, 1.54) is 28.4 Å². The molecule has 0 saturated carbocycles. The van der Waals surface area contributed by atoms with Gasteiger partial charge in [-0.2, -0.15) is 0 Å². The molecule has 0 bridgehead atoms. The Morgan fingerprint density at radius 3 is 2.35 bits per heavy atom. The number of anilines is 3. The van der Waals surface area contributed by atoms with Gasteiger partial charge in [-0.1, -0.05) is 13.0 Å². The van der Waals surface area contributed by atoms with Crippen molar-refractivity contribution in [1.82, 2.24) is 14.3 Å². The highest BCUT2D eigenvalue weighted by Crippen LogP contribution is 2.37. The Balaban J connectivity index is 2.09. The van der Waals surface area contributed by atoms with Crippen LogP contribution in [0.2, 0.25) is 0 Å². The lowest BCUT2D eigenvalue weighted by atomic mass is 10.1. The topological polar surface area (TPSA) is 109 Å². The molecule has 9 nitrogen and oxygen atoms in total. The van der Waals surface area contributed by atoms with E-state index in [4.69, 9.17) is 0 Å². The van der Waals surface area contributed by atoms with Crippen molar-refractivity contribution >= 4 is 45.6 Å². The SMILES string of the molecule is CCC(Nc1c(Nc2csc(C(=O)N(C)C)c2O)c(=O)n(C)n(C)c1=O)c1cccs1. The van der Waals surface area contributed by atoms with Gasteiger partial charge in [-0.3, -0.25) is 14.4 Å². The van der Waals surface area contributed by atoms with Crippen LogP contribution in [0.3, 0.4) is 0 Å². The summed E-state index contributed by atoms with van der Waals surface area (Å²) >= 11 is 2.62. The number of hydrogen-bond donors (Lipinski definition) is 3. The molecule has 3 N–H and O–H groups in total. The van der Waals surface area contributed by atoms with E-state index >= 15 is 0 Å². The Bertz CT molecular complexity index is 1210. The molecule has 0 spiro atoms. The Kier molecular flexibility index (Phi) is 6.56. The summed E-state index contributed by atoms with van der Waals surface area (Å²) in [4.78, 5) is 40.9. The van der Waals surface area contributed by atoms with Crippen LogP contribution in [-0.4, -0.2) is 39.4 Å². The second-order valence-electron chi connectivity index (χ2n) is 7.18. The maximum Gasteiger partial charge on any atom is 0.290 e. The molecule has 0 aliphatic heterocycles. The van der Waals surface area contributed by atoms with Crippen molar-refractivity contribution in [2.24, 2.45) is 14.1 Å². The molecule has 0 aromatic carbocycles. The van der Waals surface area contributed by atoms with Crippen LogP contribution in [0.1, 0.15) is 33.9 Å². The molecule has 1 unspecified atom stereocenters. The van der Waals surface area contributed by atoms with Crippen molar-refractivity contribution in [3.05, 3.63) is 53.4 Å². The van der Waals surface area contributed by atoms with Crippen LogP contribution in [-0.2, 0) is 14.1 Å². The van der Waals surface area contributed by atoms with E-state index in [1.54, 1.807) is 30.8 Å². The molecule has 3 aromatic heterocycles. The molecule has 31 heavy (non-hydrogen) atoms. The highest BCUT2D eigenvalue weighted by Gasteiger charge is 2.24. The summed E-state index contributed by atoms with van der Waals surface area (Å²) in [7, 11) is 6.18. The van der Waals surface area contributed by atoms with Gasteiger partial charge >= 0.3 is 0 Å². The molecular formula is C20H25N5O4S2. The lowest BCUT2D eigenvalue weighted by molar-refractivity contribution is 0.0829. The lowest BCUT2D eigenvalue weighted by Crippen LogP contribution is -2.38. The van der Waals surface area contributed by atoms with Crippen LogP contribution in [0, 0.1) is 0 Å². The number of aromatic hydroxyl groups is 1. The fourth-order valence-corrected chi connectivity index (χ4v) is 4.80. The average molecular weight is 464 g/mol. The molecule has 0 saturated heterocycles. The first-order valence-corrected chi connectivity index (χ1v) is 11.3. The van der Waals surface area contributed by atoms with Gasteiger partial charge in [-0.15, -0.1) is 22.7 Å². The second kappa shape index (κ2) is 8.98. The van der Waals surface area contributed by atoms with Crippen LogP contribution in [0.25, 0.3) is 0 Å². The second-order valence-corrected chi connectivity index (χ2v) is 9.04. The fourth-order valence-electron chi connectivity index (χ4n) is 3.03. The molecule has 0 aliphatic rings. The number of rotatable bonds is 7. The van der Waals surface area contributed by atoms with Crippen molar-refractivity contribution < 1.29 is 9.90 Å². The van der Waals surface area contributed by atoms with Crippen molar-refractivity contribution in [2.45, 2.75) is 19.4 Å². The standard InChI is InChI=1S/C20H25N5O4S2/c1-6-11(13-8-7-9-30-13)21-14-15(19(28)25(5)24(4)18(14)27)22-12-10-31-17(16(12)26)20(29)23(2)3/h7-11,21-22,26H,6H2,1-5H3. The van der Waals surface area contributed by atoms with Gasteiger partial charge in [0.1, 0.15) is 16.3 Å². The van der Waals surface area contributed by atoms with E-state index in [1.807, 2.05) is 24.4 Å². The van der Waals surface area contributed by atoms with Gasteiger partial charge in [-0.25, -0.2) is 9.36 Å². The highest BCUT2D eigenvalue weighted by atomic mass is 32.1. The number of carbonyl (C=O) groups excluding carboxylic acids is 1. The zero-order chi connectivity index (χ0) is 22.9. The lowest BCUT2D eigenvalue weighted by Gasteiger charge is -2.21. The van der Waals surface area contributed by atoms with E-state index in [0.717, 1.165) is 16.2 Å². The van der Waals surface area contributed by atoms with Gasteiger partial charge in [0.25, 0.3) is 17.0 Å². The number of aromatic nitrogens is 2. The number of nitrogens with zero attached hydrogens (tertiary/aromatic N) is 3. The Hall–Kier alpha value is -3.05. The number of thiophene rings is 2. The summed E-state index contributed by atoms with van der Waals surface area (Å²) in [6.07, 6.45) is 0.698. The first-order chi connectivity index (χ1) is 14.7. The largest absolute Gasteiger partial charge is 0.504 e. The molecule has 3 rings (SSSR count). The van der Waals surface area contributed by atoms with Gasteiger partial charge < -0.3 is 20.6 Å². The smallest absolute Gasteiger partial charge is 0.290 e.